The lowest BCUT2D eigenvalue weighted by Crippen LogP contribution is -2.12. The van der Waals surface area contributed by atoms with E-state index in [-0.39, 0.29) is 5.91 Å². The van der Waals surface area contributed by atoms with Crippen molar-refractivity contribution in [1.82, 2.24) is 0 Å². The van der Waals surface area contributed by atoms with Crippen LogP contribution < -0.4 is 14.8 Å². The van der Waals surface area contributed by atoms with Crippen molar-refractivity contribution in [2.24, 2.45) is 0 Å². The molecule has 0 unspecified atom stereocenters. The molecule has 0 atom stereocenters. The third-order valence-electron chi connectivity index (χ3n) is 3.44. The van der Waals surface area contributed by atoms with Gasteiger partial charge in [-0.05, 0) is 65.7 Å². The topological polar surface area (TPSA) is 47.6 Å². The minimum Gasteiger partial charge on any atom is -0.490 e. The highest BCUT2D eigenvalue weighted by Gasteiger charge is 2.12. The molecule has 0 saturated heterocycles. The average Bonchev–Trinajstić information content (AvgIpc) is 2.60. The Kier molecular flexibility index (Phi) is 7.59. The highest BCUT2D eigenvalue weighted by Crippen LogP contribution is 2.30. The van der Waals surface area contributed by atoms with Crippen LogP contribution in [-0.2, 0) is 0 Å². The summed E-state index contributed by atoms with van der Waals surface area (Å²) >= 11 is 9.38. The Morgan fingerprint density at radius 2 is 1.92 bits per heavy atom. The lowest BCUT2D eigenvalue weighted by Gasteiger charge is -2.13. The highest BCUT2D eigenvalue weighted by atomic mass is 79.9. The third-order valence-corrected chi connectivity index (χ3v) is 4.67. The second-order valence-electron chi connectivity index (χ2n) is 5.38. The Morgan fingerprint density at radius 1 is 1.12 bits per heavy atom. The standard InChI is InChI=1S/C19H21BrClNO3/c1-3-5-10-25-17-9-6-13(11-18(17)24-4-2)19(23)22-14-7-8-15(20)16(21)12-14/h6-9,11-12H,3-5,10H2,1-2H3,(H,22,23). The van der Waals surface area contributed by atoms with Gasteiger partial charge >= 0.3 is 0 Å². The first-order chi connectivity index (χ1) is 12.0. The van der Waals surface area contributed by atoms with Gasteiger partial charge in [0.2, 0.25) is 0 Å². The van der Waals surface area contributed by atoms with Crippen LogP contribution in [0, 0.1) is 0 Å². The summed E-state index contributed by atoms with van der Waals surface area (Å²) < 4.78 is 12.1. The van der Waals surface area contributed by atoms with E-state index in [0.29, 0.717) is 41.0 Å². The van der Waals surface area contributed by atoms with Crippen molar-refractivity contribution >= 4 is 39.1 Å². The smallest absolute Gasteiger partial charge is 0.255 e. The number of halogens is 2. The van der Waals surface area contributed by atoms with Crippen LogP contribution in [0.5, 0.6) is 11.5 Å². The number of carbonyl (C=O) groups is 1. The summed E-state index contributed by atoms with van der Waals surface area (Å²) in [6.07, 6.45) is 2.03. The van der Waals surface area contributed by atoms with Gasteiger partial charge in [0, 0.05) is 15.7 Å². The van der Waals surface area contributed by atoms with Crippen LogP contribution in [-0.4, -0.2) is 19.1 Å². The third kappa shape index (κ3) is 5.65. The quantitative estimate of drug-likeness (QED) is 0.532. The van der Waals surface area contributed by atoms with Gasteiger partial charge in [-0.1, -0.05) is 24.9 Å². The van der Waals surface area contributed by atoms with E-state index in [1.165, 1.54) is 0 Å². The summed E-state index contributed by atoms with van der Waals surface area (Å²) in [4.78, 5) is 12.5. The fraction of sp³-hybridized carbons (Fsp3) is 0.316. The number of hydrogen-bond acceptors (Lipinski definition) is 3. The first-order valence-electron chi connectivity index (χ1n) is 8.21. The van der Waals surface area contributed by atoms with Crippen molar-refractivity contribution in [3.05, 3.63) is 51.5 Å². The minimum absolute atomic E-state index is 0.237. The van der Waals surface area contributed by atoms with E-state index < -0.39 is 0 Å². The normalized spacial score (nSPS) is 10.4. The maximum absolute atomic E-state index is 12.5. The van der Waals surface area contributed by atoms with Gasteiger partial charge in [0.25, 0.3) is 5.91 Å². The molecule has 0 heterocycles. The molecule has 0 aliphatic rings. The van der Waals surface area contributed by atoms with Crippen LogP contribution in [0.25, 0.3) is 0 Å². The molecule has 4 nitrogen and oxygen atoms in total. The van der Waals surface area contributed by atoms with Gasteiger partial charge in [0.05, 0.1) is 18.2 Å². The maximum Gasteiger partial charge on any atom is 0.255 e. The molecule has 1 N–H and O–H groups in total. The monoisotopic (exact) mass is 425 g/mol. The van der Waals surface area contributed by atoms with Crippen LogP contribution in [0.3, 0.4) is 0 Å². The number of ether oxygens (including phenoxy) is 2. The van der Waals surface area contributed by atoms with Gasteiger partial charge in [-0.3, -0.25) is 4.79 Å². The van der Waals surface area contributed by atoms with E-state index in [0.717, 1.165) is 17.3 Å². The van der Waals surface area contributed by atoms with Gasteiger partial charge in [0.1, 0.15) is 0 Å². The zero-order chi connectivity index (χ0) is 18.2. The molecule has 0 aliphatic carbocycles. The molecule has 2 aromatic carbocycles. The van der Waals surface area contributed by atoms with Crippen molar-refractivity contribution in [1.29, 1.82) is 0 Å². The molecule has 0 fully saturated rings. The largest absolute Gasteiger partial charge is 0.490 e. The maximum atomic E-state index is 12.5. The van der Waals surface area contributed by atoms with Crippen molar-refractivity contribution < 1.29 is 14.3 Å². The lowest BCUT2D eigenvalue weighted by atomic mass is 10.1. The van der Waals surface area contributed by atoms with Crippen molar-refractivity contribution in [3.8, 4) is 11.5 Å². The van der Waals surface area contributed by atoms with Crippen LogP contribution in [0.15, 0.2) is 40.9 Å². The number of rotatable bonds is 8. The van der Waals surface area contributed by atoms with Gasteiger partial charge in [-0.25, -0.2) is 0 Å². The number of unbranched alkanes of at least 4 members (excludes halogenated alkanes) is 1. The second-order valence-corrected chi connectivity index (χ2v) is 6.64. The zero-order valence-corrected chi connectivity index (χ0v) is 16.6. The number of benzene rings is 2. The van der Waals surface area contributed by atoms with Gasteiger partial charge in [-0.15, -0.1) is 0 Å². The van der Waals surface area contributed by atoms with Crippen LogP contribution in [0.2, 0.25) is 5.02 Å². The van der Waals surface area contributed by atoms with Crippen molar-refractivity contribution in [2.75, 3.05) is 18.5 Å². The molecular formula is C19H21BrClNO3. The SMILES string of the molecule is CCCCOc1ccc(C(=O)Nc2ccc(Br)c(Cl)c2)cc1OCC. The number of anilines is 1. The van der Waals surface area contributed by atoms with E-state index in [1.807, 2.05) is 6.92 Å². The fourth-order valence-electron chi connectivity index (χ4n) is 2.14. The molecule has 6 heteroatoms. The van der Waals surface area contributed by atoms with Gasteiger partial charge < -0.3 is 14.8 Å². The molecule has 0 radical (unpaired) electrons. The van der Waals surface area contributed by atoms with Crippen LogP contribution in [0.4, 0.5) is 5.69 Å². The molecule has 0 spiro atoms. The summed E-state index contributed by atoms with van der Waals surface area (Å²) in [6.45, 7) is 5.12. The summed E-state index contributed by atoms with van der Waals surface area (Å²) in [5.41, 5.74) is 1.12. The Balaban J connectivity index is 2.15. The molecule has 0 saturated carbocycles. The molecule has 25 heavy (non-hydrogen) atoms. The first-order valence-corrected chi connectivity index (χ1v) is 9.38. The molecule has 0 aromatic heterocycles. The first kappa shape index (κ1) is 19.6. The Hall–Kier alpha value is -1.72. The van der Waals surface area contributed by atoms with E-state index in [2.05, 4.69) is 28.2 Å². The highest BCUT2D eigenvalue weighted by molar-refractivity contribution is 9.10. The number of carbonyl (C=O) groups excluding carboxylic acids is 1. The molecule has 1 amide bonds. The fourth-order valence-corrected chi connectivity index (χ4v) is 2.57. The number of amides is 1. The van der Waals surface area contributed by atoms with Crippen LogP contribution in [0.1, 0.15) is 37.0 Å². The van der Waals surface area contributed by atoms with Crippen LogP contribution >= 0.6 is 27.5 Å². The minimum atomic E-state index is -0.237. The summed E-state index contributed by atoms with van der Waals surface area (Å²) in [5, 5.41) is 3.36. The van der Waals surface area contributed by atoms with E-state index in [1.54, 1.807) is 36.4 Å². The van der Waals surface area contributed by atoms with Gasteiger partial charge in [0.15, 0.2) is 11.5 Å². The van der Waals surface area contributed by atoms with E-state index in [4.69, 9.17) is 21.1 Å². The molecule has 0 bridgehead atoms. The molecular weight excluding hydrogens is 406 g/mol. The Morgan fingerprint density at radius 3 is 2.60 bits per heavy atom. The van der Waals surface area contributed by atoms with Crippen molar-refractivity contribution in [3.63, 3.8) is 0 Å². The predicted octanol–water partition coefficient (Wildman–Crippen LogP) is 5.93. The lowest BCUT2D eigenvalue weighted by molar-refractivity contribution is 0.102. The van der Waals surface area contributed by atoms with Gasteiger partial charge in [-0.2, -0.15) is 0 Å². The Labute approximate surface area is 161 Å². The summed E-state index contributed by atoms with van der Waals surface area (Å²) in [6, 6.07) is 10.4. The second kappa shape index (κ2) is 9.68. The Bertz CT molecular complexity index is 737. The summed E-state index contributed by atoms with van der Waals surface area (Å²) in [5.74, 6) is 0.984. The number of nitrogens with one attached hydrogen (secondary N) is 1. The predicted molar refractivity (Wildman–Crippen MR) is 105 cm³/mol. The molecule has 134 valence electrons. The summed E-state index contributed by atoms with van der Waals surface area (Å²) in [7, 11) is 0. The zero-order valence-electron chi connectivity index (χ0n) is 14.3. The average molecular weight is 427 g/mol. The molecule has 0 aliphatic heterocycles. The molecule has 2 aromatic rings. The van der Waals surface area contributed by atoms with Crippen molar-refractivity contribution in [2.45, 2.75) is 26.7 Å². The van der Waals surface area contributed by atoms with E-state index >= 15 is 0 Å². The number of hydrogen-bond donors (Lipinski definition) is 1. The molecule has 2 rings (SSSR count). The van der Waals surface area contributed by atoms with E-state index in [9.17, 15) is 4.79 Å².